The van der Waals surface area contributed by atoms with Crippen LogP contribution in [0, 0.1) is 0 Å². The molecular formula is C16H23N3O. The summed E-state index contributed by atoms with van der Waals surface area (Å²) in [7, 11) is 1.71. The number of anilines is 1. The number of rotatable bonds is 7. The Morgan fingerprint density at radius 1 is 1.30 bits per heavy atom. The van der Waals surface area contributed by atoms with Gasteiger partial charge in [-0.3, -0.25) is 0 Å². The molecule has 2 rings (SSSR count). The Morgan fingerprint density at radius 2 is 2.05 bits per heavy atom. The Kier molecular flexibility index (Phi) is 5.18. The number of nitrogens with zero attached hydrogens (tertiary/aromatic N) is 2. The molecule has 0 bridgehead atoms. The first-order chi connectivity index (χ1) is 9.76. The number of hydrogen-bond acceptors (Lipinski definition) is 3. The Morgan fingerprint density at radius 3 is 2.70 bits per heavy atom. The largest absolute Gasteiger partial charge is 0.383 e. The first-order valence-electron chi connectivity index (χ1n) is 7.09. The number of benzene rings is 1. The van der Waals surface area contributed by atoms with E-state index in [2.05, 4.69) is 53.0 Å². The molecule has 1 aromatic heterocycles. The summed E-state index contributed by atoms with van der Waals surface area (Å²) in [5, 5.41) is 3.40. The van der Waals surface area contributed by atoms with Gasteiger partial charge in [0.25, 0.3) is 0 Å². The van der Waals surface area contributed by atoms with Crippen LogP contribution in [0.4, 0.5) is 5.95 Å². The van der Waals surface area contributed by atoms with Crippen molar-refractivity contribution in [2.75, 3.05) is 19.0 Å². The fraction of sp³-hybridized carbons (Fsp3) is 0.438. The van der Waals surface area contributed by atoms with Crippen molar-refractivity contribution in [1.82, 2.24) is 9.55 Å². The highest BCUT2D eigenvalue weighted by atomic mass is 16.5. The molecule has 4 nitrogen and oxygen atoms in total. The van der Waals surface area contributed by atoms with Gasteiger partial charge in [0.2, 0.25) is 5.95 Å². The zero-order chi connectivity index (χ0) is 14.4. The van der Waals surface area contributed by atoms with E-state index in [1.54, 1.807) is 7.11 Å². The number of nitrogens with one attached hydrogen (secondary N) is 1. The first kappa shape index (κ1) is 14.6. The van der Waals surface area contributed by atoms with Crippen LogP contribution in [-0.4, -0.2) is 29.3 Å². The smallest absolute Gasteiger partial charge is 0.203 e. The van der Waals surface area contributed by atoms with Gasteiger partial charge in [-0.2, -0.15) is 0 Å². The number of hydrogen-bond donors (Lipinski definition) is 1. The van der Waals surface area contributed by atoms with E-state index in [1.807, 2.05) is 18.5 Å². The number of methoxy groups -OCH3 is 1. The second-order valence-electron chi connectivity index (χ2n) is 4.99. The quantitative estimate of drug-likeness (QED) is 0.841. The third-order valence-corrected chi connectivity index (χ3v) is 3.37. The monoisotopic (exact) mass is 273 g/mol. The van der Waals surface area contributed by atoms with E-state index >= 15 is 0 Å². The van der Waals surface area contributed by atoms with Crippen LogP contribution in [0.1, 0.15) is 31.9 Å². The molecule has 108 valence electrons. The summed E-state index contributed by atoms with van der Waals surface area (Å²) in [5.74, 6) is 0.894. The van der Waals surface area contributed by atoms with E-state index < -0.39 is 0 Å². The Balaban J connectivity index is 2.21. The van der Waals surface area contributed by atoms with Crippen LogP contribution in [0.15, 0.2) is 42.7 Å². The van der Waals surface area contributed by atoms with E-state index in [4.69, 9.17) is 4.74 Å². The standard InChI is InChI=1S/C16H23N3O/c1-4-15(14-8-6-5-7-9-14)19-11-10-17-16(19)18-13(2)12-20-3/h5-11,13,15H,4,12H2,1-3H3,(H,17,18). The van der Waals surface area contributed by atoms with Crippen LogP contribution >= 0.6 is 0 Å². The summed E-state index contributed by atoms with van der Waals surface area (Å²) in [4.78, 5) is 4.43. The fourth-order valence-corrected chi connectivity index (χ4v) is 2.46. The minimum absolute atomic E-state index is 0.231. The van der Waals surface area contributed by atoms with Crippen molar-refractivity contribution in [3.05, 3.63) is 48.3 Å². The summed E-state index contributed by atoms with van der Waals surface area (Å²) in [5.41, 5.74) is 1.30. The number of imidazole rings is 1. The molecule has 2 atom stereocenters. The molecule has 1 heterocycles. The average molecular weight is 273 g/mol. The van der Waals surface area contributed by atoms with E-state index in [9.17, 15) is 0 Å². The molecule has 0 saturated carbocycles. The summed E-state index contributed by atoms with van der Waals surface area (Å²) in [6, 6.07) is 11.1. The molecule has 0 radical (unpaired) electrons. The molecule has 0 aliphatic carbocycles. The lowest BCUT2D eigenvalue weighted by molar-refractivity contribution is 0.190. The predicted octanol–water partition coefficient (Wildman–Crippen LogP) is 3.33. The third kappa shape index (κ3) is 3.39. The van der Waals surface area contributed by atoms with Gasteiger partial charge in [0.05, 0.1) is 12.6 Å². The molecule has 4 heteroatoms. The molecule has 0 aliphatic heterocycles. The Hall–Kier alpha value is -1.81. The van der Waals surface area contributed by atoms with Gasteiger partial charge in [-0.1, -0.05) is 37.3 Å². The van der Waals surface area contributed by atoms with Crippen LogP contribution < -0.4 is 5.32 Å². The van der Waals surface area contributed by atoms with Gasteiger partial charge >= 0.3 is 0 Å². The summed E-state index contributed by atoms with van der Waals surface area (Å²) in [6.07, 6.45) is 4.89. The fourth-order valence-electron chi connectivity index (χ4n) is 2.46. The van der Waals surface area contributed by atoms with E-state index in [-0.39, 0.29) is 6.04 Å². The Labute approximate surface area is 120 Å². The van der Waals surface area contributed by atoms with Crippen molar-refractivity contribution in [1.29, 1.82) is 0 Å². The van der Waals surface area contributed by atoms with E-state index in [0.717, 1.165) is 12.4 Å². The van der Waals surface area contributed by atoms with Crippen LogP contribution in [0.2, 0.25) is 0 Å². The van der Waals surface area contributed by atoms with E-state index in [1.165, 1.54) is 5.56 Å². The van der Waals surface area contributed by atoms with Crippen LogP contribution in [0.3, 0.4) is 0 Å². The summed E-state index contributed by atoms with van der Waals surface area (Å²) >= 11 is 0. The summed E-state index contributed by atoms with van der Waals surface area (Å²) < 4.78 is 7.36. The van der Waals surface area contributed by atoms with Crippen molar-refractivity contribution in [2.45, 2.75) is 32.4 Å². The van der Waals surface area contributed by atoms with Crippen molar-refractivity contribution in [3.8, 4) is 0 Å². The maximum atomic E-state index is 5.16. The van der Waals surface area contributed by atoms with Gasteiger partial charge in [-0.05, 0) is 18.9 Å². The van der Waals surface area contributed by atoms with Gasteiger partial charge in [-0.15, -0.1) is 0 Å². The maximum absolute atomic E-state index is 5.16. The van der Waals surface area contributed by atoms with Gasteiger partial charge in [0.15, 0.2) is 0 Å². The Bertz CT molecular complexity index is 509. The number of ether oxygens (including phenoxy) is 1. The molecule has 0 saturated heterocycles. The lowest BCUT2D eigenvalue weighted by atomic mass is 10.0. The van der Waals surface area contributed by atoms with Crippen molar-refractivity contribution >= 4 is 5.95 Å². The number of aromatic nitrogens is 2. The molecule has 20 heavy (non-hydrogen) atoms. The molecular weight excluding hydrogens is 250 g/mol. The van der Waals surface area contributed by atoms with Gasteiger partial charge in [0.1, 0.15) is 0 Å². The zero-order valence-corrected chi connectivity index (χ0v) is 12.4. The second-order valence-corrected chi connectivity index (χ2v) is 4.99. The van der Waals surface area contributed by atoms with Gasteiger partial charge in [-0.25, -0.2) is 4.98 Å². The molecule has 0 spiro atoms. The normalized spacial score (nSPS) is 13.9. The summed E-state index contributed by atoms with van der Waals surface area (Å²) in [6.45, 7) is 4.95. The van der Waals surface area contributed by atoms with Crippen LogP contribution in [0.5, 0.6) is 0 Å². The van der Waals surface area contributed by atoms with Crippen molar-refractivity contribution in [3.63, 3.8) is 0 Å². The van der Waals surface area contributed by atoms with Crippen molar-refractivity contribution in [2.24, 2.45) is 0 Å². The second kappa shape index (κ2) is 7.10. The molecule has 2 unspecified atom stereocenters. The predicted molar refractivity (Wildman–Crippen MR) is 82.1 cm³/mol. The highest BCUT2D eigenvalue weighted by Crippen LogP contribution is 2.25. The van der Waals surface area contributed by atoms with Gasteiger partial charge < -0.3 is 14.6 Å². The zero-order valence-electron chi connectivity index (χ0n) is 12.4. The third-order valence-electron chi connectivity index (χ3n) is 3.37. The maximum Gasteiger partial charge on any atom is 0.203 e. The molecule has 2 aromatic rings. The molecule has 1 N–H and O–H groups in total. The SMILES string of the molecule is CCC(c1ccccc1)n1ccnc1NC(C)COC. The minimum Gasteiger partial charge on any atom is -0.383 e. The highest BCUT2D eigenvalue weighted by Gasteiger charge is 2.15. The molecule has 1 aromatic carbocycles. The average Bonchev–Trinajstić information content (AvgIpc) is 2.89. The van der Waals surface area contributed by atoms with Gasteiger partial charge in [0, 0.05) is 25.5 Å². The highest BCUT2D eigenvalue weighted by molar-refractivity contribution is 5.31. The van der Waals surface area contributed by atoms with Crippen LogP contribution in [-0.2, 0) is 4.74 Å². The molecule has 0 amide bonds. The topological polar surface area (TPSA) is 39.1 Å². The lowest BCUT2D eigenvalue weighted by Crippen LogP contribution is -2.24. The molecule has 0 aliphatic rings. The van der Waals surface area contributed by atoms with Crippen molar-refractivity contribution < 1.29 is 4.74 Å². The molecule has 0 fully saturated rings. The minimum atomic E-state index is 0.231. The van der Waals surface area contributed by atoms with E-state index in [0.29, 0.717) is 12.6 Å². The lowest BCUT2D eigenvalue weighted by Gasteiger charge is -2.22. The van der Waals surface area contributed by atoms with Crippen LogP contribution in [0.25, 0.3) is 0 Å². The first-order valence-corrected chi connectivity index (χ1v) is 7.09.